The molecule has 6 N–H and O–H groups in total. The lowest BCUT2D eigenvalue weighted by Gasteiger charge is -2.38. The molecule has 0 radical (unpaired) electrons. The first-order valence-corrected chi connectivity index (χ1v) is 13.8. The van der Waals surface area contributed by atoms with Crippen LogP contribution in [0.25, 0.3) is 11.4 Å². The minimum absolute atomic E-state index is 0.0476. The number of carbonyl (C=O) groups is 2. The molecule has 210 valence electrons. The standard InChI is InChI=1S/C25H29IN10O4/c1-39-15-7-5-14(6-8-15)22-30-16(40-35-22)3-2-4-17(37)36-11-9-25(10-12-36)13-29-24(34-25)33-23(38)18-20(27)32-21(28)19(26)31-18/h5-8H,2-4,9-13H2,1H3,(H4,27,28,32)(H2,29,33,34,38). The van der Waals surface area contributed by atoms with Gasteiger partial charge in [0, 0.05) is 38.0 Å². The number of likely N-dealkylation sites (tertiary alicyclic amines) is 1. The van der Waals surface area contributed by atoms with Crippen molar-refractivity contribution in [2.45, 2.75) is 37.6 Å². The Morgan fingerprint density at radius 2 is 1.90 bits per heavy atom. The molecule has 0 atom stereocenters. The van der Waals surface area contributed by atoms with Gasteiger partial charge in [0.1, 0.15) is 9.45 Å². The quantitative estimate of drug-likeness (QED) is 0.266. The predicted molar refractivity (Wildman–Crippen MR) is 154 cm³/mol. The molecule has 0 unspecified atom stereocenters. The fraction of sp³-hybridized carbons (Fsp3) is 0.400. The molecule has 14 nitrogen and oxygen atoms in total. The second-order valence-corrected chi connectivity index (χ2v) is 10.7. The topological polar surface area (TPSA) is 200 Å². The molecule has 15 heteroatoms. The van der Waals surface area contributed by atoms with E-state index in [0.29, 0.717) is 60.3 Å². The van der Waals surface area contributed by atoms with Crippen molar-refractivity contribution in [1.82, 2.24) is 35.6 Å². The number of benzene rings is 1. The summed E-state index contributed by atoms with van der Waals surface area (Å²) in [4.78, 5) is 43.9. The number of carbonyl (C=O) groups excluding carboxylic acids is 2. The number of hydrogen-bond donors (Lipinski definition) is 4. The number of hydrogen-bond acceptors (Lipinski definition) is 10. The Morgan fingerprint density at radius 3 is 2.62 bits per heavy atom. The van der Waals surface area contributed by atoms with Crippen molar-refractivity contribution in [2.75, 3.05) is 38.2 Å². The summed E-state index contributed by atoms with van der Waals surface area (Å²) in [5, 5.41) is 10.5. The highest BCUT2D eigenvalue weighted by Crippen LogP contribution is 2.26. The molecule has 2 fully saturated rings. The van der Waals surface area contributed by atoms with Crippen molar-refractivity contribution >= 4 is 52.0 Å². The van der Waals surface area contributed by atoms with Gasteiger partial charge < -0.3 is 36.3 Å². The van der Waals surface area contributed by atoms with Crippen LogP contribution in [0.15, 0.2) is 33.8 Å². The number of amides is 2. The van der Waals surface area contributed by atoms with E-state index in [-0.39, 0.29) is 28.8 Å². The molecule has 0 saturated carbocycles. The van der Waals surface area contributed by atoms with Crippen LogP contribution in [0.2, 0.25) is 0 Å². The monoisotopic (exact) mass is 660 g/mol. The highest BCUT2D eigenvalue weighted by atomic mass is 127. The fourth-order valence-electron chi connectivity index (χ4n) is 4.66. The van der Waals surface area contributed by atoms with E-state index in [1.165, 1.54) is 0 Å². The van der Waals surface area contributed by atoms with Crippen LogP contribution in [0.5, 0.6) is 5.75 Å². The molecular formula is C25H29IN10O4. The highest BCUT2D eigenvalue weighted by molar-refractivity contribution is 14.1. The van der Waals surface area contributed by atoms with Gasteiger partial charge in [-0.05, 0) is 66.1 Å². The maximum absolute atomic E-state index is 12.8. The van der Waals surface area contributed by atoms with Gasteiger partial charge in [-0.2, -0.15) is 9.98 Å². The van der Waals surface area contributed by atoms with Gasteiger partial charge in [-0.3, -0.25) is 9.59 Å². The molecule has 2 aliphatic heterocycles. The molecule has 40 heavy (non-hydrogen) atoms. The minimum atomic E-state index is -0.611. The number of piperidine rings is 1. The second-order valence-electron chi connectivity index (χ2n) is 9.63. The number of ether oxygens (including phenoxy) is 1. The third-order valence-corrected chi connectivity index (χ3v) is 7.76. The largest absolute Gasteiger partial charge is 0.497 e. The summed E-state index contributed by atoms with van der Waals surface area (Å²) in [6.07, 6.45) is 2.96. The van der Waals surface area contributed by atoms with Crippen LogP contribution in [-0.2, 0) is 11.2 Å². The number of nitrogens with two attached hydrogens (primary N) is 2. The number of anilines is 2. The Hall–Kier alpha value is -4.02. The summed E-state index contributed by atoms with van der Waals surface area (Å²) >= 11 is 1.89. The molecule has 2 aliphatic rings. The normalized spacial score (nSPS) is 17.1. The maximum atomic E-state index is 12.8. The first-order valence-electron chi connectivity index (χ1n) is 12.7. The number of halogens is 1. The fourth-order valence-corrected chi connectivity index (χ4v) is 5.02. The molecule has 0 aliphatic carbocycles. The van der Waals surface area contributed by atoms with E-state index in [9.17, 15) is 9.59 Å². The van der Waals surface area contributed by atoms with Gasteiger partial charge in [0.2, 0.25) is 17.6 Å². The number of aryl methyl sites for hydroxylation is 1. The van der Waals surface area contributed by atoms with Crippen LogP contribution in [0.1, 0.15) is 42.1 Å². The van der Waals surface area contributed by atoms with Crippen LogP contribution < -0.4 is 26.8 Å². The van der Waals surface area contributed by atoms with E-state index in [1.54, 1.807) is 7.11 Å². The van der Waals surface area contributed by atoms with Gasteiger partial charge in [0.05, 0.1) is 12.6 Å². The zero-order chi connectivity index (χ0) is 28.3. The van der Waals surface area contributed by atoms with Crippen molar-refractivity contribution in [3.63, 3.8) is 0 Å². The first kappa shape index (κ1) is 27.5. The van der Waals surface area contributed by atoms with Gasteiger partial charge in [-0.1, -0.05) is 5.16 Å². The number of methoxy groups -OCH3 is 1. The second kappa shape index (κ2) is 11.6. The zero-order valence-electron chi connectivity index (χ0n) is 21.8. The Kier molecular flexibility index (Phi) is 7.99. The van der Waals surface area contributed by atoms with Crippen LogP contribution in [0, 0.1) is 3.70 Å². The summed E-state index contributed by atoms with van der Waals surface area (Å²) in [5.41, 5.74) is 12.0. The van der Waals surface area contributed by atoms with Crippen molar-refractivity contribution < 1.29 is 18.8 Å². The van der Waals surface area contributed by atoms with Crippen LogP contribution in [-0.4, -0.2) is 75.1 Å². The average molecular weight is 660 g/mol. The smallest absolute Gasteiger partial charge is 0.302 e. The molecule has 2 amide bonds. The van der Waals surface area contributed by atoms with E-state index < -0.39 is 5.91 Å². The molecule has 4 heterocycles. The van der Waals surface area contributed by atoms with Crippen LogP contribution in [0.4, 0.5) is 11.6 Å². The Labute approximate surface area is 243 Å². The first-order chi connectivity index (χ1) is 19.2. The van der Waals surface area contributed by atoms with Crippen molar-refractivity contribution in [3.8, 4) is 17.1 Å². The van der Waals surface area contributed by atoms with E-state index in [2.05, 4.69) is 35.7 Å². The molecule has 0 bridgehead atoms. The number of nitrogens with one attached hydrogen (secondary N) is 2. The van der Waals surface area contributed by atoms with Crippen molar-refractivity contribution in [1.29, 1.82) is 0 Å². The summed E-state index contributed by atoms with van der Waals surface area (Å²) in [7, 11) is 1.61. The van der Waals surface area contributed by atoms with E-state index >= 15 is 0 Å². The predicted octanol–water partition coefficient (Wildman–Crippen LogP) is 1.38. The molecule has 1 spiro atoms. The molecule has 1 aromatic carbocycles. The third kappa shape index (κ3) is 6.08. The lowest BCUT2D eigenvalue weighted by Crippen LogP contribution is -2.53. The summed E-state index contributed by atoms with van der Waals surface area (Å²) < 4.78 is 10.9. The minimum Gasteiger partial charge on any atom is -0.497 e. The number of nitrogens with zero attached hydrogens (tertiary/aromatic N) is 6. The number of aromatic nitrogens is 4. The molecule has 2 aromatic heterocycles. The third-order valence-electron chi connectivity index (χ3n) is 6.97. The van der Waals surface area contributed by atoms with Gasteiger partial charge in [-0.25, -0.2) is 9.97 Å². The Bertz CT molecular complexity index is 1430. The Balaban J connectivity index is 1.08. The number of nitrogen functional groups attached to an aromatic ring is 2. The average Bonchev–Trinajstić information content (AvgIpc) is 3.58. The lowest BCUT2D eigenvalue weighted by molar-refractivity contribution is -0.132. The van der Waals surface area contributed by atoms with Crippen LogP contribution >= 0.6 is 22.6 Å². The lowest BCUT2D eigenvalue weighted by atomic mass is 9.88. The highest BCUT2D eigenvalue weighted by Gasteiger charge is 2.40. The molecular weight excluding hydrogens is 631 g/mol. The molecule has 5 rings (SSSR count). The van der Waals surface area contributed by atoms with E-state index in [4.69, 9.17) is 20.7 Å². The van der Waals surface area contributed by atoms with E-state index in [0.717, 1.165) is 24.2 Å². The zero-order valence-corrected chi connectivity index (χ0v) is 24.0. The van der Waals surface area contributed by atoms with Gasteiger partial charge in [-0.15, -0.1) is 0 Å². The number of aliphatic imine (C=N–C) groups is 1. The van der Waals surface area contributed by atoms with Crippen LogP contribution in [0.3, 0.4) is 0 Å². The summed E-state index contributed by atoms with van der Waals surface area (Å²) in [6.45, 7) is 1.80. The van der Waals surface area contributed by atoms with Crippen molar-refractivity contribution in [2.24, 2.45) is 4.99 Å². The van der Waals surface area contributed by atoms with Crippen molar-refractivity contribution in [3.05, 3.63) is 39.6 Å². The number of rotatable bonds is 7. The van der Waals surface area contributed by atoms with Gasteiger partial charge in [0.15, 0.2) is 23.3 Å². The van der Waals surface area contributed by atoms with E-state index in [1.807, 2.05) is 51.8 Å². The molecule has 2 saturated heterocycles. The van der Waals surface area contributed by atoms with Gasteiger partial charge >= 0.3 is 5.91 Å². The maximum Gasteiger partial charge on any atom is 0.302 e. The number of guanidine groups is 1. The Morgan fingerprint density at radius 1 is 1.15 bits per heavy atom. The summed E-state index contributed by atoms with van der Waals surface area (Å²) in [6, 6.07) is 7.41. The molecule has 3 aromatic rings. The summed E-state index contributed by atoms with van der Waals surface area (Å²) in [5.74, 6) is 1.69. The van der Waals surface area contributed by atoms with Gasteiger partial charge in [0.25, 0.3) is 0 Å². The SMILES string of the molecule is COc1ccc(-c2noc(CCCC(=O)N3CCC4(CC3)CN/C(=N\C(=O)c3nc(I)c(N)nc3N)N4)n2)cc1.